The molecule has 0 bridgehead atoms. The largest absolute Gasteiger partial charge is 0.365 e. The molecular formula is C22H25N3O. The van der Waals surface area contributed by atoms with Crippen LogP contribution in [0, 0.1) is 6.92 Å². The molecule has 1 atom stereocenters. The topological polar surface area (TPSA) is 39.3 Å². The predicted molar refractivity (Wildman–Crippen MR) is 107 cm³/mol. The van der Waals surface area contributed by atoms with Gasteiger partial charge in [0.1, 0.15) is 0 Å². The average Bonchev–Trinajstić information content (AvgIpc) is 3.04. The van der Waals surface area contributed by atoms with E-state index in [1.165, 1.54) is 11.3 Å². The van der Waals surface area contributed by atoms with Gasteiger partial charge in [-0.05, 0) is 43.2 Å². The third kappa shape index (κ3) is 3.19. The molecule has 3 aromatic rings. The predicted octanol–water partition coefficient (Wildman–Crippen LogP) is 3.76. The summed E-state index contributed by atoms with van der Waals surface area (Å²) in [5.74, 6) is 0.213. The summed E-state index contributed by atoms with van der Waals surface area (Å²) in [7, 11) is 0. The molecule has 26 heavy (non-hydrogen) atoms. The first-order valence-corrected chi connectivity index (χ1v) is 9.28. The zero-order chi connectivity index (χ0) is 18.1. The van der Waals surface area contributed by atoms with Crippen molar-refractivity contribution in [2.45, 2.75) is 26.3 Å². The molecule has 1 N–H and O–H groups in total. The Hall–Kier alpha value is -2.75. The van der Waals surface area contributed by atoms with Crippen LogP contribution in [-0.4, -0.2) is 41.5 Å². The lowest BCUT2D eigenvalue weighted by atomic mass is 10.1. The normalized spacial score (nSPS) is 17.7. The fourth-order valence-corrected chi connectivity index (χ4v) is 3.93. The molecule has 0 spiro atoms. The number of hydrogen-bond donors (Lipinski definition) is 1. The Morgan fingerprint density at radius 3 is 2.81 bits per heavy atom. The fourth-order valence-electron chi connectivity index (χ4n) is 3.93. The van der Waals surface area contributed by atoms with E-state index in [2.05, 4.69) is 54.1 Å². The highest BCUT2D eigenvalue weighted by Crippen LogP contribution is 2.23. The van der Waals surface area contributed by atoms with Gasteiger partial charge in [-0.1, -0.05) is 30.3 Å². The molecule has 134 valence electrons. The van der Waals surface area contributed by atoms with Gasteiger partial charge in [-0.25, -0.2) is 0 Å². The first-order valence-electron chi connectivity index (χ1n) is 9.28. The Morgan fingerprint density at radius 1 is 1.15 bits per heavy atom. The summed E-state index contributed by atoms with van der Waals surface area (Å²) in [6, 6.07) is 17.1. The molecule has 1 aliphatic heterocycles. The van der Waals surface area contributed by atoms with Crippen LogP contribution < -0.4 is 4.90 Å². The number of carbonyl (C=O) groups excluding carboxylic acids is 1. The molecule has 0 aliphatic carbocycles. The lowest BCUT2D eigenvalue weighted by molar-refractivity contribution is -0.131. The molecule has 2 aromatic carbocycles. The minimum atomic E-state index is 0.213. The number of aromatic nitrogens is 1. The van der Waals surface area contributed by atoms with Crippen LogP contribution >= 0.6 is 0 Å². The van der Waals surface area contributed by atoms with Crippen molar-refractivity contribution in [1.29, 1.82) is 0 Å². The zero-order valence-corrected chi connectivity index (χ0v) is 15.4. The van der Waals surface area contributed by atoms with Crippen LogP contribution in [0.5, 0.6) is 0 Å². The van der Waals surface area contributed by atoms with Crippen molar-refractivity contribution >= 4 is 22.5 Å². The molecule has 1 amide bonds. The lowest BCUT2D eigenvalue weighted by Crippen LogP contribution is -2.54. The van der Waals surface area contributed by atoms with Gasteiger partial charge in [-0.2, -0.15) is 0 Å². The van der Waals surface area contributed by atoms with Gasteiger partial charge in [-0.3, -0.25) is 4.79 Å². The first kappa shape index (κ1) is 16.7. The maximum absolute atomic E-state index is 12.8. The van der Waals surface area contributed by atoms with Gasteiger partial charge in [0.2, 0.25) is 5.91 Å². The van der Waals surface area contributed by atoms with Crippen LogP contribution in [0.4, 0.5) is 5.69 Å². The number of benzene rings is 2. The molecule has 0 radical (unpaired) electrons. The van der Waals surface area contributed by atoms with Gasteiger partial charge in [0.05, 0.1) is 6.42 Å². The molecule has 4 heteroatoms. The maximum atomic E-state index is 12.8. The van der Waals surface area contributed by atoms with Crippen LogP contribution in [0.25, 0.3) is 10.9 Å². The van der Waals surface area contributed by atoms with E-state index >= 15 is 0 Å². The van der Waals surface area contributed by atoms with Crippen molar-refractivity contribution < 1.29 is 4.79 Å². The summed E-state index contributed by atoms with van der Waals surface area (Å²) < 4.78 is 0. The fraction of sp³-hybridized carbons (Fsp3) is 0.318. The summed E-state index contributed by atoms with van der Waals surface area (Å²) >= 11 is 0. The van der Waals surface area contributed by atoms with Crippen molar-refractivity contribution in [2.24, 2.45) is 0 Å². The minimum absolute atomic E-state index is 0.213. The molecule has 4 rings (SSSR count). The Kier molecular flexibility index (Phi) is 4.41. The van der Waals surface area contributed by atoms with E-state index in [0.717, 1.165) is 36.1 Å². The number of aryl methyl sites for hydroxylation is 1. The Labute approximate surface area is 154 Å². The van der Waals surface area contributed by atoms with Crippen LogP contribution in [-0.2, 0) is 11.2 Å². The zero-order valence-electron chi connectivity index (χ0n) is 15.4. The molecule has 1 aliphatic rings. The van der Waals surface area contributed by atoms with E-state index < -0.39 is 0 Å². The van der Waals surface area contributed by atoms with Crippen molar-refractivity contribution in [3.63, 3.8) is 0 Å². The van der Waals surface area contributed by atoms with Gasteiger partial charge >= 0.3 is 0 Å². The molecule has 1 saturated heterocycles. The van der Waals surface area contributed by atoms with Gasteiger partial charge in [0.15, 0.2) is 0 Å². The van der Waals surface area contributed by atoms with E-state index in [0.29, 0.717) is 12.5 Å². The van der Waals surface area contributed by atoms with Gasteiger partial charge in [0, 0.05) is 48.5 Å². The Balaban J connectivity index is 1.44. The third-order valence-electron chi connectivity index (χ3n) is 5.33. The number of aromatic amines is 1. The number of piperazine rings is 1. The highest BCUT2D eigenvalue weighted by Gasteiger charge is 2.27. The van der Waals surface area contributed by atoms with Crippen molar-refractivity contribution in [2.75, 3.05) is 24.5 Å². The standard InChI is InChI=1S/C22H25N3O/c1-16-6-5-7-19(12-16)25-11-10-24(15-17(25)2)22(26)13-18-14-23-21-9-4-3-8-20(18)21/h3-9,12,14,17,23H,10-11,13,15H2,1-2H3. The van der Waals surface area contributed by atoms with Crippen molar-refractivity contribution in [1.82, 2.24) is 9.88 Å². The monoisotopic (exact) mass is 347 g/mol. The lowest BCUT2D eigenvalue weighted by Gasteiger charge is -2.41. The van der Waals surface area contributed by atoms with E-state index in [1.807, 2.05) is 29.3 Å². The first-order chi connectivity index (χ1) is 12.6. The number of carbonyl (C=O) groups is 1. The van der Waals surface area contributed by atoms with Crippen LogP contribution in [0.2, 0.25) is 0 Å². The number of fused-ring (bicyclic) bond motifs is 1. The average molecular weight is 347 g/mol. The van der Waals surface area contributed by atoms with E-state index in [-0.39, 0.29) is 5.91 Å². The smallest absolute Gasteiger partial charge is 0.227 e. The van der Waals surface area contributed by atoms with Crippen molar-refractivity contribution in [3.05, 3.63) is 65.9 Å². The van der Waals surface area contributed by atoms with Crippen LogP contribution in [0.1, 0.15) is 18.1 Å². The molecule has 1 aromatic heterocycles. The van der Waals surface area contributed by atoms with Gasteiger partial charge in [0.25, 0.3) is 0 Å². The number of hydrogen-bond acceptors (Lipinski definition) is 2. The Morgan fingerprint density at radius 2 is 2.00 bits per heavy atom. The van der Waals surface area contributed by atoms with E-state index in [4.69, 9.17) is 0 Å². The molecular weight excluding hydrogens is 322 g/mol. The quantitative estimate of drug-likeness (QED) is 0.784. The van der Waals surface area contributed by atoms with Crippen molar-refractivity contribution in [3.8, 4) is 0 Å². The summed E-state index contributed by atoms with van der Waals surface area (Å²) in [5.41, 5.74) is 4.70. The molecule has 1 unspecified atom stereocenters. The van der Waals surface area contributed by atoms with E-state index in [1.54, 1.807) is 0 Å². The summed E-state index contributed by atoms with van der Waals surface area (Å²) in [4.78, 5) is 20.5. The number of para-hydroxylation sites is 1. The number of nitrogens with zero attached hydrogens (tertiary/aromatic N) is 2. The maximum Gasteiger partial charge on any atom is 0.227 e. The summed E-state index contributed by atoms with van der Waals surface area (Å²) in [6.45, 7) is 6.75. The summed E-state index contributed by atoms with van der Waals surface area (Å²) in [5, 5.41) is 1.15. The number of rotatable bonds is 3. The SMILES string of the molecule is Cc1cccc(N2CCN(C(=O)Cc3c[nH]c4ccccc34)CC2C)c1. The summed E-state index contributed by atoms with van der Waals surface area (Å²) in [6.07, 6.45) is 2.43. The second kappa shape index (κ2) is 6.87. The highest BCUT2D eigenvalue weighted by molar-refractivity contribution is 5.89. The van der Waals surface area contributed by atoms with Crippen LogP contribution in [0.15, 0.2) is 54.7 Å². The number of anilines is 1. The second-order valence-electron chi connectivity index (χ2n) is 7.26. The van der Waals surface area contributed by atoms with E-state index in [9.17, 15) is 4.79 Å². The van der Waals surface area contributed by atoms with Gasteiger partial charge < -0.3 is 14.8 Å². The Bertz CT molecular complexity index is 930. The molecule has 2 heterocycles. The number of nitrogens with one attached hydrogen (secondary N) is 1. The molecule has 4 nitrogen and oxygen atoms in total. The van der Waals surface area contributed by atoms with Gasteiger partial charge in [-0.15, -0.1) is 0 Å². The number of amides is 1. The minimum Gasteiger partial charge on any atom is -0.365 e. The highest BCUT2D eigenvalue weighted by atomic mass is 16.2. The second-order valence-corrected chi connectivity index (χ2v) is 7.26. The molecule has 0 saturated carbocycles. The van der Waals surface area contributed by atoms with Crippen LogP contribution in [0.3, 0.4) is 0 Å². The molecule has 1 fully saturated rings. The number of H-pyrrole nitrogens is 1. The third-order valence-corrected chi connectivity index (χ3v) is 5.33.